The van der Waals surface area contributed by atoms with E-state index in [0.29, 0.717) is 66.9 Å². The quantitative estimate of drug-likeness (QED) is 0.166. The number of ketones is 1. The number of amides is 1. The molecule has 10 heteroatoms. The first-order valence-corrected chi connectivity index (χ1v) is 13.2. The summed E-state index contributed by atoms with van der Waals surface area (Å²) in [4.78, 5) is 32.4. The van der Waals surface area contributed by atoms with Crippen molar-refractivity contribution in [2.45, 2.75) is 25.9 Å². The zero-order chi connectivity index (χ0) is 28.1. The lowest BCUT2D eigenvalue weighted by Crippen LogP contribution is -2.31. The molecule has 1 aromatic heterocycles. The van der Waals surface area contributed by atoms with E-state index in [1.165, 1.54) is 4.90 Å². The van der Waals surface area contributed by atoms with Crippen LogP contribution in [-0.2, 0) is 16.1 Å². The molecular formula is C30H31N3O7. The Kier molecular flexibility index (Phi) is 8.04. The Hall–Kier alpha value is -4.73. The van der Waals surface area contributed by atoms with Crippen LogP contribution in [0.1, 0.15) is 30.5 Å². The number of Topliss-reactive ketones (excluding diaryl/α,β-unsaturated/α-hetero) is 1. The monoisotopic (exact) mass is 545 g/mol. The van der Waals surface area contributed by atoms with E-state index in [9.17, 15) is 14.7 Å². The minimum Gasteiger partial charge on any atom is -0.507 e. The second-order valence-electron chi connectivity index (χ2n) is 9.24. The van der Waals surface area contributed by atoms with E-state index in [0.717, 1.165) is 0 Å². The van der Waals surface area contributed by atoms with E-state index in [4.69, 9.17) is 18.9 Å². The maximum atomic E-state index is 13.5. The van der Waals surface area contributed by atoms with Crippen LogP contribution in [0.25, 0.3) is 5.76 Å². The minimum atomic E-state index is -0.844. The van der Waals surface area contributed by atoms with Crippen molar-refractivity contribution in [1.82, 2.24) is 14.5 Å². The average Bonchev–Trinajstić information content (AvgIpc) is 3.58. The van der Waals surface area contributed by atoms with Gasteiger partial charge in [0.05, 0.1) is 24.5 Å². The number of aromatic nitrogens is 2. The fourth-order valence-electron chi connectivity index (χ4n) is 4.88. The van der Waals surface area contributed by atoms with Crippen LogP contribution in [0.3, 0.4) is 0 Å². The van der Waals surface area contributed by atoms with Crippen molar-refractivity contribution >= 4 is 17.4 Å². The number of rotatable bonds is 11. The standard InChI is InChI=1S/C30H31N3O7/c1-3-14-38-22-8-6-20(17-24(22)37-4-2)27-26(28(34)21-7-9-23-25(18-21)40-16-15-39-23)29(35)30(36)33(27)12-5-11-32-13-10-31-19-32/h3,6-10,13,17-19,27,34H,1,4-5,11-12,14-16H2,2H3/b28-26+/t27-/m1/s1. The number of ether oxygens (including phenoxy) is 4. The predicted molar refractivity (Wildman–Crippen MR) is 147 cm³/mol. The Balaban J connectivity index is 1.56. The van der Waals surface area contributed by atoms with Gasteiger partial charge in [-0.2, -0.15) is 0 Å². The van der Waals surface area contributed by atoms with Gasteiger partial charge in [-0.3, -0.25) is 9.59 Å². The number of carbonyl (C=O) groups is 2. The third-order valence-corrected chi connectivity index (χ3v) is 6.67. The van der Waals surface area contributed by atoms with Gasteiger partial charge in [0, 0.05) is 31.0 Å². The molecule has 2 aliphatic heterocycles. The first-order valence-electron chi connectivity index (χ1n) is 13.2. The van der Waals surface area contributed by atoms with Crippen LogP contribution in [0, 0.1) is 0 Å². The first kappa shape index (κ1) is 26.9. The lowest BCUT2D eigenvalue weighted by atomic mass is 9.94. The number of fused-ring (bicyclic) bond motifs is 1. The van der Waals surface area contributed by atoms with Gasteiger partial charge >= 0.3 is 0 Å². The Morgan fingerprint density at radius 2 is 1.93 bits per heavy atom. The number of aryl methyl sites for hydroxylation is 1. The highest BCUT2D eigenvalue weighted by Crippen LogP contribution is 2.43. The van der Waals surface area contributed by atoms with Crippen LogP contribution in [0.4, 0.5) is 0 Å². The summed E-state index contributed by atoms with van der Waals surface area (Å²) in [6.07, 6.45) is 7.42. The van der Waals surface area contributed by atoms with Crippen molar-refractivity contribution < 1.29 is 33.6 Å². The summed E-state index contributed by atoms with van der Waals surface area (Å²) in [5, 5.41) is 11.5. The Labute approximate surface area is 232 Å². The summed E-state index contributed by atoms with van der Waals surface area (Å²) in [5.74, 6) is 0.256. The van der Waals surface area contributed by atoms with Crippen LogP contribution in [0.15, 0.2) is 73.3 Å². The molecule has 0 spiro atoms. The van der Waals surface area contributed by atoms with Gasteiger partial charge in [-0.05, 0) is 49.2 Å². The number of nitrogens with zero attached hydrogens (tertiary/aromatic N) is 3. The van der Waals surface area contributed by atoms with Gasteiger partial charge < -0.3 is 33.5 Å². The molecule has 40 heavy (non-hydrogen) atoms. The Morgan fingerprint density at radius 1 is 1.10 bits per heavy atom. The highest BCUT2D eigenvalue weighted by Gasteiger charge is 2.46. The van der Waals surface area contributed by atoms with Crippen molar-refractivity contribution in [3.8, 4) is 23.0 Å². The number of aliphatic hydroxyl groups is 1. The van der Waals surface area contributed by atoms with Crippen LogP contribution in [0.2, 0.25) is 0 Å². The predicted octanol–water partition coefficient (Wildman–Crippen LogP) is 4.13. The zero-order valence-corrected chi connectivity index (χ0v) is 22.2. The van der Waals surface area contributed by atoms with Crippen molar-refractivity contribution in [3.63, 3.8) is 0 Å². The second-order valence-corrected chi connectivity index (χ2v) is 9.24. The van der Waals surface area contributed by atoms with Gasteiger partial charge in [-0.25, -0.2) is 4.98 Å². The lowest BCUT2D eigenvalue weighted by Gasteiger charge is -2.26. The van der Waals surface area contributed by atoms with Crippen molar-refractivity contribution in [2.24, 2.45) is 0 Å². The number of imidazole rings is 1. The van der Waals surface area contributed by atoms with Gasteiger partial charge in [-0.15, -0.1) is 0 Å². The summed E-state index contributed by atoms with van der Waals surface area (Å²) in [6.45, 7) is 7.91. The molecule has 1 saturated heterocycles. The molecule has 3 aromatic rings. The number of carbonyl (C=O) groups excluding carboxylic acids is 2. The van der Waals surface area contributed by atoms with Gasteiger partial charge in [0.1, 0.15) is 25.6 Å². The van der Waals surface area contributed by atoms with E-state index >= 15 is 0 Å². The van der Waals surface area contributed by atoms with E-state index in [2.05, 4.69) is 11.6 Å². The molecule has 1 amide bonds. The highest BCUT2D eigenvalue weighted by atomic mass is 16.6. The minimum absolute atomic E-state index is 0.00785. The topological polar surface area (TPSA) is 112 Å². The molecule has 0 aliphatic carbocycles. The molecule has 0 unspecified atom stereocenters. The molecule has 1 fully saturated rings. The second kappa shape index (κ2) is 12.0. The summed E-state index contributed by atoms with van der Waals surface area (Å²) in [5.41, 5.74) is 0.948. The molecule has 0 bridgehead atoms. The van der Waals surface area contributed by atoms with E-state index < -0.39 is 17.7 Å². The maximum absolute atomic E-state index is 13.5. The van der Waals surface area contributed by atoms with Crippen LogP contribution in [0.5, 0.6) is 23.0 Å². The lowest BCUT2D eigenvalue weighted by molar-refractivity contribution is -0.139. The largest absolute Gasteiger partial charge is 0.507 e. The van der Waals surface area contributed by atoms with Gasteiger partial charge in [-0.1, -0.05) is 18.7 Å². The average molecular weight is 546 g/mol. The SMILES string of the molecule is C=CCOc1ccc([C@@H]2/C(=C(\O)c3ccc4c(c3)OCCO4)C(=O)C(=O)N2CCCn2ccnc2)cc1OCC. The van der Waals surface area contributed by atoms with Crippen LogP contribution >= 0.6 is 0 Å². The molecule has 1 atom stereocenters. The Bertz CT molecular complexity index is 1430. The van der Waals surface area contributed by atoms with E-state index in [-0.39, 0.29) is 24.5 Å². The molecule has 2 aromatic carbocycles. The van der Waals surface area contributed by atoms with E-state index in [1.807, 2.05) is 17.7 Å². The van der Waals surface area contributed by atoms with Crippen molar-refractivity contribution in [2.75, 3.05) is 33.0 Å². The van der Waals surface area contributed by atoms with Crippen LogP contribution < -0.4 is 18.9 Å². The molecule has 0 radical (unpaired) electrons. The first-order chi connectivity index (χ1) is 19.5. The number of likely N-dealkylation sites (tertiary alicyclic amines) is 1. The van der Waals surface area contributed by atoms with Crippen LogP contribution in [-0.4, -0.2) is 64.2 Å². The number of aliphatic hydroxyl groups excluding tert-OH is 1. The van der Waals surface area contributed by atoms with E-state index in [1.54, 1.807) is 55.0 Å². The molecular weight excluding hydrogens is 514 g/mol. The number of hydrogen-bond donors (Lipinski definition) is 1. The zero-order valence-electron chi connectivity index (χ0n) is 22.2. The fraction of sp³-hybridized carbons (Fsp3) is 0.300. The fourth-order valence-corrected chi connectivity index (χ4v) is 4.88. The molecule has 3 heterocycles. The van der Waals surface area contributed by atoms with Gasteiger partial charge in [0.2, 0.25) is 0 Å². The summed E-state index contributed by atoms with van der Waals surface area (Å²) >= 11 is 0. The molecule has 208 valence electrons. The molecule has 5 rings (SSSR count). The number of hydrogen-bond acceptors (Lipinski definition) is 8. The number of benzene rings is 2. The van der Waals surface area contributed by atoms with Crippen molar-refractivity contribution in [1.29, 1.82) is 0 Å². The molecule has 1 N–H and O–H groups in total. The third-order valence-electron chi connectivity index (χ3n) is 6.67. The molecule has 0 saturated carbocycles. The molecule has 2 aliphatic rings. The normalized spacial score (nSPS) is 17.6. The summed E-state index contributed by atoms with van der Waals surface area (Å²) < 4.78 is 24.7. The van der Waals surface area contributed by atoms with Gasteiger partial charge in [0.25, 0.3) is 11.7 Å². The highest BCUT2D eigenvalue weighted by molar-refractivity contribution is 6.46. The van der Waals surface area contributed by atoms with Gasteiger partial charge in [0.15, 0.2) is 23.0 Å². The summed E-state index contributed by atoms with van der Waals surface area (Å²) in [7, 11) is 0. The van der Waals surface area contributed by atoms with Crippen molar-refractivity contribution in [3.05, 3.63) is 84.5 Å². The maximum Gasteiger partial charge on any atom is 0.295 e. The molecule has 10 nitrogen and oxygen atoms in total. The summed E-state index contributed by atoms with van der Waals surface area (Å²) in [6, 6.07) is 9.35. The third kappa shape index (κ3) is 5.38. The smallest absolute Gasteiger partial charge is 0.295 e. The Morgan fingerprint density at radius 3 is 2.67 bits per heavy atom.